The number of thioether (sulfide) groups is 1. The van der Waals surface area contributed by atoms with Crippen LogP contribution in [-0.2, 0) is 17.4 Å². The summed E-state index contributed by atoms with van der Waals surface area (Å²) >= 11 is 1.64. The SMILES string of the molecule is COc1ccc(C2SCCN2C(=O)Cc2ccc(C(F)(F)F)cc2)cc1OC. The van der Waals surface area contributed by atoms with Crippen LogP contribution in [0, 0.1) is 0 Å². The molecule has 1 unspecified atom stereocenters. The van der Waals surface area contributed by atoms with Crippen LogP contribution in [-0.4, -0.2) is 37.3 Å². The summed E-state index contributed by atoms with van der Waals surface area (Å²) in [4.78, 5) is 14.5. The van der Waals surface area contributed by atoms with Crippen LogP contribution >= 0.6 is 11.8 Å². The molecule has 2 aromatic carbocycles. The second-order valence-electron chi connectivity index (χ2n) is 6.30. The van der Waals surface area contributed by atoms with E-state index in [1.807, 2.05) is 12.1 Å². The van der Waals surface area contributed by atoms with Crippen molar-refractivity contribution < 1.29 is 27.4 Å². The molecule has 1 fully saturated rings. The maximum Gasteiger partial charge on any atom is 0.416 e. The Kier molecular flexibility index (Phi) is 6.07. The number of methoxy groups -OCH3 is 2. The van der Waals surface area contributed by atoms with Crippen molar-refractivity contribution >= 4 is 17.7 Å². The van der Waals surface area contributed by atoms with Crippen molar-refractivity contribution in [2.45, 2.75) is 18.0 Å². The maximum absolute atomic E-state index is 12.8. The Morgan fingerprint density at radius 3 is 2.39 bits per heavy atom. The molecule has 150 valence electrons. The van der Waals surface area contributed by atoms with Gasteiger partial charge in [0.25, 0.3) is 0 Å². The highest BCUT2D eigenvalue weighted by Crippen LogP contribution is 2.41. The molecule has 0 saturated carbocycles. The molecule has 0 spiro atoms. The van der Waals surface area contributed by atoms with Crippen LogP contribution < -0.4 is 9.47 Å². The predicted octanol–water partition coefficient (Wildman–Crippen LogP) is 4.54. The first-order valence-electron chi connectivity index (χ1n) is 8.62. The van der Waals surface area contributed by atoms with Gasteiger partial charge in [0.15, 0.2) is 11.5 Å². The average Bonchev–Trinajstić information content (AvgIpc) is 3.17. The van der Waals surface area contributed by atoms with E-state index in [4.69, 9.17) is 9.47 Å². The third-order valence-corrected chi connectivity index (χ3v) is 5.80. The summed E-state index contributed by atoms with van der Waals surface area (Å²) in [5.74, 6) is 1.86. The topological polar surface area (TPSA) is 38.8 Å². The Morgan fingerprint density at radius 1 is 1.11 bits per heavy atom. The lowest BCUT2D eigenvalue weighted by Gasteiger charge is -2.25. The zero-order valence-electron chi connectivity index (χ0n) is 15.5. The standard InChI is InChI=1S/C20H20F3NO3S/c1-26-16-8-5-14(12-17(16)27-2)19-24(9-10-28-19)18(25)11-13-3-6-15(7-4-13)20(21,22)23/h3-8,12,19H,9-11H2,1-2H3. The quantitative estimate of drug-likeness (QED) is 0.724. The smallest absolute Gasteiger partial charge is 0.416 e. The molecule has 8 heteroatoms. The molecule has 0 bridgehead atoms. The van der Waals surface area contributed by atoms with Gasteiger partial charge in [-0.2, -0.15) is 13.2 Å². The highest BCUT2D eigenvalue weighted by Gasteiger charge is 2.32. The molecule has 1 saturated heterocycles. The molecule has 1 heterocycles. The Hall–Kier alpha value is -2.35. The number of carbonyl (C=O) groups excluding carboxylic acids is 1. The summed E-state index contributed by atoms with van der Waals surface area (Å²) in [7, 11) is 3.11. The first-order valence-corrected chi connectivity index (χ1v) is 9.67. The van der Waals surface area contributed by atoms with Gasteiger partial charge >= 0.3 is 6.18 Å². The van der Waals surface area contributed by atoms with Gasteiger partial charge < -0.3 is 14.4 Å². The summed E-state index contributed by atoms with van der Waals surface area (Å²) in [6, 6.07) is 10.3. The summed E-state index contributed by atoms with van der Waals surface area (Å²) in [6.45, 7) is 0.586. The van der Waals surface area contributed by atoms with Gasteiger partial charge in [-0.3, -0.25) is 4.79 Å². The summed E-state index contributed by atoms with van der Waals surface area (Å²) in [5.41, 5.74) is 0.755. The third-order valence-electron chi connectivity index (χ3n) is 4.54. The van der Waals surface area contributed by atoms with Crippen LogP contribution in [0.1, 0.15) is 22.1 Å². The van der Waals surface area contributed by atoms with Crippen LogP contribution in [0.2, 0.25) is 0 Å². The van der Waals surface area contributed by atoms with E-state index < -0.39 is 11.7 Å². The Balaban J connectivity index is 1.74. The van der Waals surface area contributed by atoms with Crippen molar-refractivity contribution in [1.29, 1.82) is 0 Å². The van der Waals surface area contributed by atoms with E-state index >= 15 is 0 Å². The molecule has 1 atom stereocenters. The van der Waals surface area contributed by atoms with Crippen molar-refractivity contribution in [3.05, 3.63) is 59.2 Å². The number of rotatable bonds is 5. The normalized spacial score (nSPS) is 16.9. The van der Waals surface area contributed by atoms with Gasteiger partial charge in [0.05, 0.1) is 26.2 Å². The fourth-order valence-corrected chi connectivity index (χ4v) is 4.36. The first kappa shape index (κ1) is 20.4. The van der Waals surface area contributed by atoms with Crippen molar-refractivity contribution in [1.82, 2.24) is 4.90 Å². The molecule has 3 rings (SSSR count). The molecular weight excluding hydrogens is 391 g/mol. The number of benzene rings is 2. The molecule has 1 aliphatic rings. The highest BCUT2D eigenvalue weighted by molar-refractivity contribution is 7.99. The number of ether oxygens (including phenoxy) is 2. The number of hydrogen-bond donors (Lipinski definition) is 0. The Bertz CT molecular complexity index is 840. The van der Waals surface area contributed by atoms with E-state index in [-0.39, 0.29) is 17.7 Å². The summed E-state index contributed by atoms with van der Waals surface area (Å²) < 4.78 is 48.6. The van der Waals surface area contributed by atoms with E-state index in [0.29, 0.717) is 23.6 Å². The minimum Gasteiger partial charge on any atom is -0.493 e. The van der Waals surface area contributed by atoms with Crippen molar-refractivity contribution in [3.63, 3.8) is 0 Å². The molecule has 1 aliphatic heterocycles. The lowest BCUT2D eigenvalue weighted by Crippen LogP contribution is -2.31. The van der Waals surface area contributed by atoms with Gasteiger partial charge in [0.2, 0.25) is 5.91 Å². The molecule has 2 aromatic rings. The maximum atomic E-state index is 12.8. The second-order valence-corrected chi connectivity index (χ2v) is 7.48. The Labute approximate surface area is 165 Å². The van der Waals surface area contributed by atoms with Gasteiger partial charge in [0.1, 0.15) is 5.37 Å². The summed E-state index contributed by atoms with van der Waals surface area (Å²) in [6.07, 6.45) is -4.32. The molecule has 28 heavy (non-hydrogen) atoms. The monoisotopic (exact) mass is 411 g/mol. The number of amides is 1. The molecule has 0 N–H and O–H groups in total. The number of hydrogen-bond acceptors (Lipinski definition) is 4. The van der Waals surface area contributed by atoms with Crippen LogP contribution in [0.15, 0.2) is 42.5 Å². The molecule has 0 radical (unpaired) electrons. The van der Waals surface area contributed by atoms with Crippen molar-refractivity contribution in [2.75, 3.05) is 26.5 Å². The average molecular weight is 411 g/mol. The number of alkyl halides is 3. The Morgan fingerprint density at radius 2 is 1.79 bits per heavy atom. The largest absolute Gasteiger partial charge is 0.493 e. The van der Waals surface area contributed by atoms with Crippen LogP contribution in [0.4, 0.5) is 13.2 Å². The van der Waals surface area contributed by atoms with Gasteiger partial charge in [-0.15, -0.1) is 11.8 Å². The van der Waals surface area contributed by atoms with E-state index in [1.54, 1.807) is 36.9 Å². The van der Waals surface area contributed by atoms with Crippen LogP contribution in [0.3, 0.4) is 0 Å². The van der Waals surface area contributed by atoms with E-state index in [2.05, 4.69) is 0 Å². The highest BCUT2D eigenvalue weighted by atomic mass is 32.2. The summed E-state index contributed by atoms with van der Waals surface area (Å²) in [5, 5.41) is -0.165. The zero-order chi connectivity index (χ0) is 20.3. The predicted molar refractivity (Wildman–Crippen MR) is 102 cm³/mol. The molecule has 4 nitrogen and oxygen atoms in total. The number of carbonyl (C=O) groups is 1. The van der Waals surface area contributed by atoms with Gasteiger partial charge in [0, 0.05) is 12.3 Å². The second kappa shape index (κ2) is 8.34. The first-order chi connectivity index (χ1) is 13.3. The lowest BCUT2D eigenvalue weighted by molar-refractivity contribution is -0.137. The zero-order valence-corrected chi connectivity index (χ0v) is 16.3. The number of nitrogens with zero attached hydrogens (tertiary/aromatic N) is 1. The number of halogens is 3. The minimum atomic E-state index is -4.38. The van der Waals surface area contributed by atoms with E-state index in [0.717, 1.165) is 23.4 Å². The minimum absolute atomic E-state index is 0.0580. The van der Waals surface area contributed by atoms with E-state index in [1.165, 1.54) is 12.1 Å². The molecular formula is C20H20F3NO3S. The molecule has 0 aromatic heterocycles. The van der Waals surface area contributed by atoms with Crippen LogP contribution in [0.5, 0.6) is 11.5 Å². The lowest BCUT2D eigenvalue weighted by atomic mass is 10.1. The van der Waals surface area contributed by atoms with Crippen LogP contribution in [0.25, 0.3) is 0 Å². The fourth-order valence-electron chi connectivity index (χ4n) is 3.10. The van der Waals surface area contributed by atoms with Gasteiger partial charge in [-0.1, -0.05) is 18.2 Å². The van der Waals surface area contributed by atoms with Crippen molar-refractivity contribution in [3.8, 4) is 11.5 Å². The third kappa shape index (κ3) is 4.38. The van der Waals surface area contributed by atoms with Gasteiger partial charge in [-0.25, -0.2) is 0 Å². The van der Waals surface area contributed by atoms with Gasteiger partial charge in [-0.05, 0) is 35.4 Å². The van der Waals surface area contributed by atoms with Crippen molar-refractivity contribution in [2.24, 2.45) is 0 Å². The van der Waals surface area contributed by atoms with E-state index in [9.17, 15) is 18.0 Å². The molecule has 1 amide bonds. The fraction of sp³-hybridized carbons (Fsp3) is 0.350. The molecule has 0 aliphatic carbocycles.